The number of ether oxygens (including phenoxy) is 1. The first-order valence-corrected chi connectivity index (χ1v) is 5.84. The molecule has 0 radical (unpaired) electrons. The molecule has 0 aromatic carbocycles. The van der Waals surface area contributed by atoms with Gasteiger partial charge in [0.15, 0.2) is 11.5 Å². The average molecular weight is 235 g/mol. The second kappa shape index (κ2) is 5.03. The van der Waals surface area contributed by atoms with Crippen LogP contribution in [0, 0.1) is 0 Å². The SMILES string of the molecule is CCN1CCCNc2nc(C(=O)OC)ccc21. The van der Waals surface area contributed by atoms with Gasteiger partial charge in [0.05, 0.1) is 12.8 Å². The van der Waals surface area contributed by atoms with Gasteiger partial charge in [-0.15, -0.1) is 0 Å². The molecule has 1 aliphatic heterocycles. The summed E-state index contributed by atoms with van der Waals surface area (Å²) in [7, 11) is 1.36. The number of nitrogens with one attached hydrogen (secondary N) is 1. The molecule has 0 atom stereocenters. The highest BCUT2D eigenvalue weighted by atomic mass is 16.5. The van der Waals surface area contributed by atoms with E-state index >= 15 is 0 Å². The number of nitrogens with zero attached hydrogens (tertiary/aromatic N) is 2. The van der Waals surface area contributed by atoms with Crippen molar-refractivity contribution in [2.45, 2.75) is 13.3 Å². The standard InChI is InChI=1S/C12H17N3O2/c1-3-15-8-4-7-13-11-10(15)6-5-9(14-11)12(16)17-2/h5-6H,3-4,7-8H2,1-2H3,(H,13,14). The van der Waals surface area contributed by atoms with Gasteiger partial charge in [0.25, 0.3) is 0 Å². The van der Waals surface area contributed by atoms with Crippen LogP contribution < -0.4 is 10.2 Å². The molecular weight excluding hydrogens is 218 g/mol. The number of esters is 1. The summed E-state index contributed by atoms with van der Waals surface area (Å²) in [6.45, 7) is 4.94. The van der Waals surface area contributed by atoms with Crippen LogP contribution in [-0.4, -0.2) is 37.7 Å². The van der Waals surface area contributed by atoms with Crippen molar-refractivity contribution in [1.82, 2.24) is 4.98 Å². The molecule has 92 valence electrons. The zero-order chi connectivity index (χ0) is 12.3. The van der Waals surface area contributed by atoms with Crippen LogP contribution in [0.5, 0.6) is 0 Å². The summed E-state index contributed by atoms with van der Waals surface area (Å²) in [6, 6.07) is 3.64. The second-order valence-electron chi connectivity index (χ2n) is 3.92. The van der Waals surface area contributed by atoms with Crippen molar-refractivity contribution in [3.63, 3.8) is 0 Å². The molecule has 1 N–H and O–H groups in total. The third-order valence-corrected chi connectivity index (χ3v) is 2.89. The lowest BCUT2D eigenvalue weighted by Crippen LogP contribution is -2.23. The normalized spacial score (nSPS) is 14.6. The maximum absolute atomic E-state index is 11.4. The number of aromatic nitrogens is 1. The summed E-state index contributed by atoms with van der Waals surface area (Å²) >= 11 is 0. The molecule has 0 fully saturated rings. The lowest BCUT2D eigenvalue weighted by molar-refractivity contribution is 0.0594. The first kappa shape index (κ1) is 11.7. The highest BCUT2D eigenvalue weighted by molar-refractivity contribution is 5.88. The summed E-state index contributed by atoms with van der Waals surface area (Å²) in [5.41, 5.74) is 1.40. The van der Waals surface area contributed by atoms with Gasteiger partial charge in [0, 0.05) is 19.6 Å². The van der Waals surface area contributed by atoms with Crippen molar-refractivity contribution in [2.75, 3.05) is 37.0 Å². The van der Waals surface area contributed by atoms with Gasteiger partial charge >= 0.3 is 5.97 Å². The molecule has 0 bridgehead atoms. The first-order valence-electron chi connectivity index (χ1n) is 5.84. The fraction of sp³-hybridized carbons (Fsp3) is 0.500. The maximum atomic E-state index is 11.4. The Bertz CT molecular complexity index is 420. The largest absolute Gasteiger partial charge is 0.464 e. The number of pyridine rings is 1. The number of hydrogen-bond acceptors (Lipinski definition) is 5. The lowest BCUT2D eigenvalue weighted by atomic mass is 10.3. The summed E-state index contributed by atoms with van der Waals surface area (Å²) in [6.07, 6.45) is 1.07. The van der Waals surface area contributed by atoms with Gasteiger partial charge in [-0.1, -0.05) is 0 Å². The van der Waals surface area contributed by atoms with Gasteiger partial charge in [-0.05, 0) is 25.5 Å². The Morgan fingerprint density at radius 2 is 2.41 bits per heavy atom. The van der Waals surface area contributed by atoms with Crippen molar-refractivity contribution < 1.29 is 9.53 Å². The summed E-state index contributed by atoms with van der Waals surface area (Å²) in [5.74, 6) is 0.370. The van der Waals surface area contributed by atoms with E-state index in [1.54, 1.807) is 6.07 Å². The van der Waals surface area contributed by atoms with E-state index in [2.05, 4.69) is 26.9 Å². The molecule has 5 nitrogen and oxygen atoms in total. The van der Waals surface area contributed by atoms with Crippen LogP contribution in [0.15, 0.2) is 12.1 Å². The van der Waals surface area contributed by atoms with Crippen molar-refractivity contribution in [2.24, 2.45) is 0 Å². The topological polar surface area (TPSA) is 54.5 Å². The van der Waals surface area contributed by atoms with Crippen LogP contribution in [0.3, 0.4) is 0 Å². The Morgan fingerprint density at radius 1 is 1.59 bits per heavy atom. The van der Waals surface area contributed by atoms with Gasteiger partial charge in [-0.25, -0.2) is 9.78 Å². The van der Waals surface area contributed by atoms with Crippen LogP contribution >= 0.6 is 0 Å². The Hall–Kier alpha value is -1.78. The maximum Gasteiger partial charge on any atom is 0.356 e. The number of anilines is 2. The zero-order valence-corrected chi connectivity index (χ0v) is 10.2. The predicted molar refractivity (Wildman–Crippen MR) is 66.6 cm³/mol. The predicted octanol–water partition coefficient (Wildman–Crippen LogP) is 1.51. The van der Waals surface area contributed by atoms with E-state index in [0.29, 0.717) is 5.69 Å². The number of carbonyl (C=O) groups is 1. The first-order chi connectivity index (χ1) is 8.26. The Morgan fingerprint density at radius 3 is 3.12 bits per heavy atom. The Balaban J connectivity index is 2.37. The van der Waals surface area contributed by atoms with Crippen LogP contribution in [0.25, 0.3) is 0 Å². The minimum Gasteiger partial charge on any atom is -0.464 e. The summed E-state index contributed by atoms with van der Waals surface area (Å²) < 4.78 is 4.67. The van der Waals surface area contributed by atoms with Gasteiger partial charge in [-0.2, -0.15) is 0 Å². The number of rotatable bonds is 2. The van der Waals surface area contributed by atoms with Crippen molar-refractivity contribution >= 4 is 17.5 Å². The van der Waals surface area contributed by atoms with Crippen molar-refractivity contribution in [3.05, 3.63) is 17.8 Å². The third kappa shape index (κ3) is 2.33. The van der Waals surface area contributed by atoms with E-state index in [0.717, 1.165) is 37.6 Å². The number of carbonyl (C=O) groups excluding carboxylic acids is 1. The van der Waals surface area contributed by atoms with E-state index in [4.69, 9.17) is 0 Å². The molecule has 17 heavy (non-hydrogen) atoms. The van der Waals surface area contributed by atoms with Crippen molar-refractivity contribution in [1.29, 1.82) is 0 Å². The van der Waals surface area contributed by atoms with Crippen LogP contribution in [-0.2, 0) is 4.74 Å². The molecule has 1 aromatic rings. The van der Waals surface area contributed by atoms with E-state index in [9.17, 15) is 4.79 Å². The lowest BCUT2D eigenvalue weighted by Gasteiger charge is -2.21. The molecule has 5 heteroatoms. The Labute approximate surface area is 101 Å². The van der Waals surface area contributed by atoms with E-state index in [1.165, 1.54) is 7.11 Å². The molecular formula is C12H17N3O2. The fourth-order valence-corrected chi connectivity index (χ4v) is 1.98. The summed E-state index contributed by atoms with van der Waals surface area (Å²) in [4.78, 5) is 18.0. The molecule has 0 spiro atoms. The number of hydrogen-bond donors (Lipinski definition) is 1. The molecule has 0 unspecified atom stereocenters. The summed E-state index contributed by atoms with van der Waals surface area (Å²) in [5, 5.41) is 3.25. The quantitative estimate of drug-likeness (QED) is 0.787. The van der Waals surface area contributed by atoms with Gasteiger partial charge in [-0.3, -0.25) is 0 Å². The average Bonchev–Trinajstić information content (AvgIpc) is 2.58. The molecule has 2 rings (SSSR count). The van der Waals surface area contributed by atoms with Crippen LogP contribution in [0.2, 0.25) is 0 Å². The third-order valence-electron chi connectivity index (χ3n) is 2.89. The molecule has 2 heterocycles. The van der Waals surface area contributed by atoms with Crippen molar-refractivity contribution in [3.8, 4) is 0 Å². The van der Waals surface area contributed by atoms with E-state index < -0.39 is 5.97 Å². The highest BCUT2D eigenvalue weighted by Gasteiger charge is 2.17. The molecule has 1 aliphatic rings. The minimum absolute atomic E-state index is 0.344. The molecule has 0 amide bonds. The molecule has 1 aromatic heterocycles. The minimum atomic E-state index is -0.401. The van der Waals surface area contributed by atoms with E-state index in [1.807, 2.05) is 6.07 Å². The van der Waals surface area contributed by atoms with E-state index in [-0.39, 0.29) is 0 Å². The Kier molecular flexibility index (Phi) is 3.46. The highest BCUT2D eigenvalue weighted by Crippen LogP contribution is 2.26. The molecule has 0 saturated carbocycles. The van der Waals surface area contributed by atoms with Gasteiger partial charge in [0.2, 0.25) is 0 Å². The van der Waals surface area contributed by atoms with Crippen LogP contribution in [0.4, 0.5) is 11.5 Å². The molecule has 0 saturated heterocycles. The van der Waals surface area contributed by atoms with Gasteiger partial charge < -0.3 is 15.0 Å². The number of methoxy groups -OCH3 is 1. The monoisotopic (exact) mass is 235 g/mol. The van der Waals surface area contributed by atoms with Gasteiger partial charge in [0.1, 0.15) is 0 Å². The molecule has 0 aliphatic carbocycles. The smallest absolute Gasteiger partial charge is 0.356 e. The second-order valence-corrected chi connectivity index (χ2v) is 3.92. The fourth-order valence-electron chi connectivity index (χ4n) is 1.98. The van der Waals surface area contributed by atoms with Crippen LogP contribution in [0.1, 0.15) is 23.8 Å². The number of fused-ring (bicyclic) bond motifs is 1. The zero-order valence-electron chi connectivity index (χ0n) is 10.2.